The van der Waals surface area contributed by atoms with E-state index in [0.29, 0.717) is 11.6 Å². The predicted octanol–water partition coefficient (Wildman–Crippen LogP) is 3.13. The van der Waals surface area contributed by atoms with Gasteiger partial charge in [-0.2, -0.15) is 0 Å². The molecule has 5 nitrogen and oxygen atoms in total. The van der Waals surface area contributed by atoms with E-state index in [-0.39, 0.29) is 5.56 Å². The molecule has 0 amide bonds. The summed E-state index contributed by atoms with van der Waals surface area (Å²) in [5, 5.41) is 9.08. The number of nitrogens with zero attached hydrogens (tertiary/aromatic N) is 3. The van der Waals surface area contributed by atoms with E-state index in [9.17, 15) is 4.79 Å². The molecule has 1 saturated carbocycles. The number of hydrogen-bond acceptors (Lipinski definition) is 3. The Balaban J connectivity index is 1.97. The maximum atomic E-state index is 11.1. The van der Waals surface area contributed by atoms with Gasteiger partial charge in [0.1, 0.15) is 11.3 Å². The number of imidazole rings is 1. The number of carboxylic acid groups (broad SMARTS) is 1. The second-order valence-electron chi connectivity index (χ2n) is 5.27. The molecular weight excluding hydrogens is 266 g/mol. The van der Waals surface area contributed by atoms with E-state index in [2.05, 4.69) is 14.5 Å². The second kappa shape index (κ2) is 4.41. The molecule has 0 aliphatic heterocycles. The molecule has 21 heavy (non-hydrogen) atoms. The minimum absolute atomic E-state index is 0.169. The Morgan fingerprint density at radius 3 is 2.67 bits per heavy atom. The molecule has 2 aromatic heterocycles. The van der Waals surface area contributed by atoms with E-state index < -0.39 is 5.97 Å². The smallest absolute Gasteiger partial charge is 0.337 e. The summed E-state index contributed by atoms with van der Waals surface area (Å²) in [6.07, 6.45) is 3.64. The van der Waals surface area contributed by atoms with Crippen LogP contribution in [0.15, 0.2) is 42.6 Å². The molecule has 0 unspecified atom stereocenters. The van der Waals surface area contributed by atoms with Gasteiger partial charge in [0.25, 0.3) is 0 Å². The zero-order chi connectivity index (χ0) is 14.4. The summed E-state index contributed by atoms with van der Waals surface area (Å²) in [6.45, 7) is 0. The van der Waals surface area contributed by atoms with Crippen molar-refractivity contribution in [2.24, 2.45) is 0 Å². The summed E-state index contributed by atoms with van der Waals surface area (Å²) in [5.41, 5.74) is 2.60. The topological polar surface area (TPSA) is 68.0 Å². The average molecular weight is 279 g/mol. The lowest BCUT2D eigenvalue weighted by atomic mass is 10.2. The van der Waals surface area contributed by atoms with E-state index in [1.54, 1.807) is 6.07 Å². The highest BCUT2D eigenvalue weighted by Gasteiger charge is 2.29. The van der Waals surface area contributed by atoms with E-state index in [0.717, 1.165) is 29.9 Å². The van der Waals surface area contributed by atoms with Crippen LogP contribution in [-0.2, 0) is 0 Å². The van der Waals surface area contributed by atoms with Crippen LogP contribution in [0.25, 0.3) is 22.6 Å². The monoisotopic (exact) mass is 279 g/mol. The standard InChI is InChI=1S/C16H13N3O2/c20-16(21)11-8-13-15(17-9-11)19(12-6-7-12)14(18-13)10-4-2-1-3-5-10/h1-5,8-9,12H,6-7H2,(H,20,21). The van der Waals surface area contributed by atoms with Crippen LogP contribution >= 0.6 is 0 Å². The highest BCUT2D eigenvalue weighted by atomic mass is 16.4. The molecule has 4 rings (SSSR count). The van der Waals surface area contributed by atoms with Gasteiger partial charge in [0.2, 0.25) is 0 Å². The summed E-state index contributed by atoms with van der Waals surface area (Å²) < 4.78 is 2.14. The van der Waals surface area contributed by atoms with Crippen molar-refractivity contribution >= 4 is 17.1 Å². The fourth-order valence-electron chi connectivity index (χ4n) is 2.57. The van der Waals surface area contributed by atoms with Gasteiger partial charge in [-0.25, -0.2) is 14.8 Å². The third-order valence-electron chi connectivity index (χ3n) is 3.72. The first kappa shape index (κ1) is 12.1. The number of carbonyl (C=O) groups is 1. The number of aromatic nitrogens is 3. The van der Waals surface area contributed by atoms with Crippen molar-refractivity contribution in [3.8, 4) is 11.4 Å². The minimum Gasteiger partial charge on any atom is -0.478 e. The Hall–Kier alpha value is -2.69. The molecule has 1 N–H and O–H groups in total. The highest BCUT2D eigenvalue weighted by Crippen LogP contribution is 2.40. The molecule has 104 valence electrons. The van der Waals surface area contributed by atoms with Gasteiger partial charge < -0.3 is 9.67 Å². The van der Waals surface area contributed by atoms with Crippen LogP contribution < -0.4 is 0 Å². The number of rotatable bonds is 3. The van der Waals surface area contributed by atoms with E-state index in [1.807, 2.05) is 30.3 Å². The molecular formula is C16H13N3O2. The Kier molecular flexibility index (Phi) is 2.54. The van der Waals surface area contributed by atoms with E-state index in [1.165, 1.54) is 6.20 Å². The number of hydrogen-bond donors (Lipinski definition) is 1. The Morgan fingerprint density at radius 1 is 1.24 bits per heavy atom. The lowest BCUT2D eigenvalue weighted by molar-refractivity contribution is 0.0696. The molecule has 1 aliphatic rings. The van der Waals surface area contributed by atoms with Crippen LogP contribution in [0, 0.1) is 0 Å². The summed E-state index contributed by atoms with van der Waals surface area (Å²) in [6, 6.07) is 12.0. The molecule has 0 spiro atoms. The van der Waals surface area contributed by atoms with Crippen molar-refractivity contribution in [2.45, 2.75) is 18.9 Å². The Bertz CT molecular complexity index is 835. The molecule has 0 saturated heterocycles. The lowest BCUT2D eigenvalue weighted by Crippen LogP contribution is -2.00. The summed E-state index contributed by atoms with van der Waals surface area (Å²) in [7, 11) is 0. The molecule has 0 bridgehead atoms. The third kappa shape index (κ3) is 1.98. The quantitative estimate of drug-likeness (QED) is 0.799. The molecule has 0 radical (unpaired) electrons. The number of fused-ring (bicyclic) bond motifs is 1. The van der Waals surface area contributed by atoms with Crippen molar-refractivity contribution in [3.63, 3.8) is 0 Å². The number of carboxylic acids is 1. The van der Waals surface area contributed by atoms with Crippen molar-refractivity contribution < 1.29 is 9.90 Å². The van der Waals surface area contributed by atoms with Crippen LogP contribution in [0.1, 0.15) is 29.2 Å². The summed E-state index contributed by atoms with van der Waals surface area (Å²) in [4.78, 5) is 20.0. The van der Waals surface area contributed by atoms with E-state index >= 15 is 0 Å². The molecule has 0 atom stereocenters. The van der Waals surface area contributed by atoms with Crippen molar-refractivity contribution in [1.29, 1.82) is 0 Å². The molecule has 2 heterocycles. The first-order valence-corrected chi connectivity index (χ1v) is 6.91. The van der Waals surface area contributed by atoms with Crippen molar-refractivity contribution in [1.82, 2.24) is 14.5 Å². The van der Waals surface area contributed by atoms with Gasteiger partial charge in [-0.3, -0.25) is 0 Å². The first-order chi connectivity index (χ1) is 10.2. The molecule has 1 aromatic carbocycles. The second-order valence-corrected chi connectivity index (χ2v) is 5.27. The normalized spacial score (nSPS) is 14.5. The maximum Gasteiger partial charge on any atom is 0.337 e. The van der Waals surface area contributed by atoms with Gasteiger partial charge in [0.15, 0.2) is 5.65 Å². The zero-order valence-corrected chi connectivity index (χ0v) is 11.2. The predicted molar refractivity (Wildman–Crippen MR) is 78.2 cm³/mol. The van der Waals surface area contributed by atoms with Gasteiger partial charge in [-0.15, -0.1) is 0 Å². The molecule has 1 fully saturated rings. The van der Waals surface area contributed by atoms with E-state index in [4.69, 9.17) is 5.11 Å². The lowest BCUT2D eigenvalue weighted by Gasteiger charge is -2.06. The van der Waals surface area contributed by atoms with Crippen LogP contribution in [0.5, 0.6) is 0 Å². The van der Waals surface area contributed by atoms with Crippen molar-refractivity contribution in [2.75, 3.05) is 0 Å². The first-order valence-electron chi connectivity index (χ1n) is 6.91. The number of pyridine rings is 1. The van der Waals surface area contributed by atoms with Gasteiger partial charge in [-0.05, 0) is 18.9 Å². The summed E-state index contributed by atoms with van der Waals surface area (Å²) in [5.74, 6) is -0.116. The Morgan fingerprint density at radius 2 is 2.00 bits per heavy atom. The molecule has 1 aliphatic carbocycles. The molecule has 3 aromatic rings. The fourth-order valence-corrected chi connectivity index (χ4v) is 2.57. The highest BCUT2D eigenvalue weighted by molar-refractivity contribution is 5.91. The minimum atomic E-state index is -0.980. The fraction of sp³-hybridized carbons (Fsp3) is 0.188. The number of aromatic carboxylic acids is 1. The van der Waals surface area contributed by atoms with Crippen molar-refractivity contribution in [3.05, 3.63) is 48.2 Å². The van der Waals surface area contributed by atoms with Crippen LogP contribution in [-0.4, -0.2) is 25.6 Å². The third-order valence-corrected chi connectivity index (χ3v) is 3.72. The van der Waals surface area contributed by atoms with Crippen LogP contribution in [0.2, 0.25) is 0 Å². The van der Waals surface area contributed by atoms with Gasteiger partial charge >= 0.3 is 5.97 Å². The van der Waals surface area contributed by atoms with Gasteiger partial charge in [-0.1, -0.05) is 30.3 Å². The largest absolute Gasteiger partial charge is 0.478 e. The zero-order valence-electron chi connectivity index (χ0n) is 11.2. The maximum absolute atomic E-state index is 11.1. The number of benzene rings is 1. The van der Waals surface area contributed by atoms with Crippen LogP contribution in [0.4, 0.5) is 0 Å². The van der Waals surface area contributed by atoms with Gasteiger partial charge in [0, 0.05) is 17.8 Å². The Labute approximate surface area is 120 Å². The molecule has 5 heteroatoms. The average Bonchev–Trinajstić information content (AvgIpc) is 3.27. The summed E-state index contributed by atoms with van der Waals surface area (Å²) >= 11 is 0. The van der Waals surface area contributed by atoms with Crippen LogP contribution in [0.3, 0.4) is 0 Å². The SMILES string of the molecule is O=C(O)c1cnc2c(c1)nc(-c1ccccc1)n2C1CC1. The van der Waals surface area contributed by atoms with Gasteiger partial charge in [0.05, 0.1) is 5.56 Å².